The van der Waals surface area contributed by atoms with E-state index < -0.39 is 18.4 Å². The van der Waals surface area contributed by atoms with E-state index in [1.807, 2.05) is 0 Å². The number of nitrogens with zero attached hydrogens (tertiary/aromatic N) is 3. The Morgan fingerprint density at radius 1 is 0.920 bits per heavy atom. The maximum Gasteiger partial charge on any atom is 0.331 e. The van der Waals surface area contributed by atoms with Crippen LogP contribution in [0, 0.1) is 0 Å². The van der Waals surface area contributed by atoms with Crippen LogP contribution in [0.15, 0.2) is 0 Å². The molecule has 140 valence electrons. The van der Waals surface area contributed by atoms with Gasteiger partial charge in [0.05, 0.1) is 38.1 Å². The summed E-state index contributed by atoms with van der Waals surface area (Å²) in [5.41, 5.74) is 0. The van der Waals surface area contributed by atoms with Crippen LogP contribution in [0.4, 0.5) is 9.59 Å². The average molecular weight is 355 g/mol. The molecule has 9 nitrogen and oxygen atoms in total. The molecule has 0 aromatic rings. The molecule has 0 spiro atoms. The van der Waals surface area contributed by atoms with Crippen molar-refractivity contribution in [3.05, 3.63) is 0 Å². The molecule has 0 aromatic carbocycles. The molecule has 4 aliphatic heterocycles. The number of hydrogen-bond donors (Lipinski definition) is 1. The van der Waals surface area contributed by atoms with Crippen molar-refractivity contribution < 1.29 is 28.9 Å². The van der Waals surface area contributed by atoms with Gasteiger partial charge in [0, 0.05) is 19.7 Å². The van der Waals surface area contributed by atoms with E-state index in [1.165, 1.54) is 14.7 Å². The molecule has 4 amide bonds. The number of hydrogen-bond acceptors (Lipinski definition) is 6. The number of aliphatic hydroxyl groups excluding tert-OH is 1. The van der Waals surface area contributed by atoms with Gasteiger partial charge >= 0.3 is 12.1 Å². The molecule has 4 fully saturated rings. The maximum atomic E-state index is 12.7. The van der Waals surface area contributed by atoms with Gasteiger partial charge < -0.3 is 19.3 Å². The fourth-order valence-corrected chi connectivity index (χ4v) is 3.21. The van der Waals surface area contributed by atoms with E-state index in [0.717, 1.165) is 19.4 Å². The molecule has 4 unspecified atom stereocenters. The van der Waals surface area contributed by atoms with Crippen molar-refractivity contribution in [2.75, 3.05) is 39.5 Å². The van der Waals surface area contributed by atoms with Gasteiger partial charge in [-0.15, -0.1) is 0 Å². The zero-order valence-electron chi connectivity index (χ0n) is 14.2. The molecule has 25 heavy (non-hydrogen) atoms. The highest BCUT2D eigenvalue weighted by molar-refractivity contribution is 5.96. The quantitative estimate of drug-likeness (QED) is 0.593. The van der Waals surface area contributed by atoms with Crippen LogP contribution in [0.3, 0.4) is 0 Å². The topological polar surface area (TPSA) is 98.4 Å². The number of carbonyl (C=O) groups is 2. The first kappa shape index (κ1) is 17.0. The molecule has 0 saturated carbocycles. The van der Waals surface area contributed by atoms with Crippen LogP contribution in [-0.4, -0.2) is 96.0 Å². The van der Waals surface area contributed by atoms with Gasteiger partial charge in [-0.05, 0) is 25.7 Å². The van der Waals surface area contributed by atoms with Crippen molar-refractivity contribution in [1.82, 2.24) is 14.7 Å². The molecular weight excluding hydrogens is 330 g/mol. The number of ether oxygens (including phenoxy) is 3. The Kier molecular flexibility index (Phi) is 4.81. The smallest absolute Gasteiger partial charge is 0.331 e. The molecule has 4 aliphatic rings. The molecule has 0 bridgehead atoms. The van der Waals surface area contributed by atoms with E-state index in [4.69, 9.17) is 14.2 Å². The second-order valence-corrected chi connectivity index (χ2v) is 7.03. The average Bonchev–Trinajstić information content (AvgIpc) is 3.43. The van der Waals surface area contributed by atoms with Crippen molar-refractivity contribution in [2.24, 2.45) is 0 Å². The Morgan fingerprint density at radius 3 is 2.16 bits per heavy atom. The summed E-state index contributed by atoms with van der Waals surface area (Å²) in [5.74, 6) is 0. The maximum absolute atomic E-state index is 12.7. The Hall–Kier alpha value is -1.42. The molecule has 4 saturated heterocycles. The minimum atomic E-state index is -1.24. The zero-order chi connectivity index (χ0) is 17.4. The number of rotatable bonds is 9. The largest absolute Gasteiger partial charge is 0.376 e. The first-order valence-corrected chi connectivity index (χ1v) is 9.05. The van der Waals surface area contributed by atoms with Crippen LogP contribution < -0.4 is 0 Å². The molecule has 0 aromatic heterocycles. The second kappa shape index (κ2) is 7.06. The fourth-order valence-electron chi connectivity index (χ4n) is 3.21. The van der Waals surface area contributed by atoms with Crippen molar-refractivity contribution in [2.45, 2.75) is 50.3 Å². The summed E-state index contributed by atoms with van der Waals surface area (Å²) < 4.78 is 15.8. The summed E-state index contributed by atoms with van der Waals surface area (Å²) >= 11 is 0. The summed E-state index contributed by atoms with van der Waals surface area (Å²) in [5, 5.41) is 10.6. The predicted molar refractivity (Wildman–Crippen MR) is 84.6 cm³/mol. The monoisotopic (exact) mass is 355 g/mol. The van der Waals surface area contributed by atoms with E-state index in [0.29, 0.717) is 45.7 Å². The van der Waals surface area contributed by atoms with Crippen molar-refractivity contribution in [3.63, 3.8) is 0 Å². The van der Waals surface area contributed by atoms with Gasteiger partial charge in [-0.25, -0.2) is 14.5 Å². The van der Waals surface area contributed by atoms with E-state index in [1.54, 1.807) is 0 Å². The third-order valence-corrected chi connectivity index (χ3v) is 5.11. The highest BCUT2D eigenvalue weighted by atomic mass is 16.6. The van der Waals surface area contributed by atoms with E-state index >= 15 is 0 Å². The van der Waals surface area contributed by atoms with Crippen LogP contribution in [0.1, 0.15) is 25.7 Å². The first-order valence-electron chi connectivity index (χ1n) is 9.05. The van der Waals surface area contributed by atoms with Crippen LogP contribution in [0.5, 0.6) is 0 Å². The van der Waals surface area contributed by atoms with Crippen LogP contribution in [0.2, 0.25) is 0 Å². The Balaban J connectivity index is 1.42. The van der Waals surface area contributed by atoms with Crippen molar-refractivity contribution in [3.8, 4) is 0 Å². The summed E-state index contributed by atoms with van der Waals surface area (Å²) in [6, 6.07) is -0.871. The van der Waals surface area contributed by atoms with Gasteiger partial charge in [-0.2, -0.15) is 0 Å². The molecule has 4 atom stereocenters. The Morgan fingerprint density at radius 2 is 1.56 bits per heavy atom. The fraction of sp³-hybridized carbons (Fsp3) is 0.875. The van der Waals surface area contributed by atoms with E-state index in [-0.39, 0.29) is 18.3 Å². The van der Waals surface area contributed by atoms with Gasteiger partial charge in [0.2, 0.25) is 6.35 Å². The zero-order valence-corrected chi connectivity index (χ0v) is 14.2. The molecule has 4 heterocycles. The lowest BCUT2D eigenvalue weighted by Gasteiger charge is -2.46. The second-order valence-electron chi connectivity index (χ2n) is 7.03. The summed E-state index contributed by atoms with van der Waals surface area (Å²) in [7, 11) is 0. The molecule has 0 aliphatic carbocycles. The summed E-state index contributed by atoms with van der Waals surface area (Å²) in [6.07, 6.45) is 2.17. The number of amides is 4. The van der Waals surface area contributed by atoms with Gasteiger partial charge in [0.1, 0.15) is 0 Å². The van der Waals surface area contributed by atoms with Crippen LogP contribution in [-0.2, 0) is 14.2 Å². The standard InChI is InChI=1S/C16H25N3O6/c20-14-17(5-1-2-12-9-24-12)15(21)19(8-11-4-7-23-11)16(22)18(14)6-3-13-10-25-13/h11-13,16,22H,1-10H2. The van der Waals surface area contributed by atoms with Gasteiger partial charge in [-0.3, -0.25) is 9.80 Å². The lowest BCUT2D eigenvalue weighted by atomic mass is 10.1. The lowest BCUT2D eigenvalue weighted by molar-refractivity contribution is -0.129. The third-order valence-electron chi connectivity index (χ3n) is 5.11. The number of urea groups is 2. The molecule has 0 radical (unpaired) electrons. The normalized spacial score (nSPS) is 34.4. The SMILES string of the molecule is O=C1N(CCCC2CO2)C(=O)N(CC2CCO2)C(O)N1CCC1CO1. The first-order chi connectivity index (χ1) is 12.1. The van der Waals surface area contributed by atoms with E-state index in [9.17, 15) is 14.7 Å². The minimum absolute atomic E-state index is 0.0675. The predicted octanol–water partition coefficient (Wildman–Crippen LogP) is 0.179. The Labute approximate surface area is 146 Å². The molecular formula is C16H25N3O6. The van der Waals surface area contributed by atoms with Gasteiger partial charge in [0.15, 0.2) is 0 Å². The molecule has 4 rings (SSSR count). The number of epoxide rings is 2. The number of aliphatic hydroxyl groups is 1. The third kappa shape index (κ3) is 3.89. The highest BCUT2D eigenvalue weighted by Gasteiger charge is 2.45. The van der Waals surface area contributed by atoms with Gasteiger partial charge in [0.25, 0.3) is 0 Å². The molecule has 9 heteroatoms. The van der Waals surface area contributed by atoms with E-state index in [2.05, 4.69) is 0 Å². The summed E-state index contributed by atoms with van der Waals surface area (Å²) in [6.45, 7) is 3.13. The van der Waals surface area contributed by atoms with Crippen LogP contribution >= 0.6 is 0 Å². The van der Waals surface area contributed by atoms with Gasteiger partial charge in [-0.1, -0.05) is 0 Å². The highest BCUT2D eigenvalue weighted by Crippen LogP contribution is 2.25. The Bertz CT molecular complexity index is 520. The minimum Gasteiger partial charge on any atom is -0.376 e. The van der Waals surface area contributed by atoms with Crippen molar-refractivity contribution >= 4 is 12.1 Å². The summed E-state index contributed by atoms with van der Waals surface area (Å²) in [4.78, 5) is 29.4. The number of imide groups is 1. The van der Waals surface area contributed by atoms with Crippen LogP contribution in [0.25, 0.3) is 0 Å². The van der Waals surface area contributed by atoms with Crippen molar-refractivity contribution in [1.29, 1.82) is 0 Å². The lowest BCUT2D eigenvalue weighted by Crippen LogP contribution is -2.67. The number of carbonyl (C=O) groups excluding carboxylic acids is 2. The molecule has 1 N–H and O–H groups in total.